The summed E-state index contributed by atoms with van der Waals surface area (Å²) >= 11 is 0. The van der Waals surface area contributed by atoms with Crippen LogP contribution in [0.15, 0.2) is 0 Å². The van der Waals surface area contributed by atoms with Gasteiger partial charge in [-0.15, -0.1) is 0 Å². The van der Waals surface area contributed by atoms with Crippen molar-refractivity contribution in [1.82, 2.24) is 10.2 Å². The van der Waals surface area contributed by atoms with Crippen LogP contribution in [0.5, 0.6) is 0 Å². The molecule has 2 atom stereocenters. The molecule has 1 N–H and O–H groups in total. The van der Waals surface area contributed by atoms with Crippen LogP contribution in [0.4, 0.5) is 0 Å². The molecule has 0 aromatic rings. The monoisotopic (exact) mass is 266 g/mol. The van der Waals surface area contributed by atoms with Crippen LogP contribution >= 0.6 is 0 Å². The van der Waals surface area contributed by atoms with E-state index in [1.807, 2.05) is 0 Å². The summed E-state index contributed by atoms with van der Waals surface area (Å²) in [6, 6.07) is 0.538. The lowest BCUT2D eigenvalue weighted by atomic mass is 9.96. The van der Waals surface area contributed by atoms with Crippen molar-refractivity contribution >= 4 is 5.91 Å². The Morgan fingerprint density at radius 2 is 2.11 bits per heavy atom. The van der Waals surface area contributed by atoms with Crippen molar-refractivity contribution in [3.05, 3.63) is 0 Å². The maximum atomic E-state index is 12.7. The topological polar surface area (TPSA) is 41.6 Å². The van der Waals surface area contributed by atoms with Crippen molar-refractivity contribution in [2.75, 3.05) is 32.8 Å². The number of carbonyl (C=O) groups excluding carboxylic acids is 1. The summed E-state index contributed by atoms with van der Waals surface area (Å²) in [6.07, 6.45) is 7.00. The van der Waals surface area contributed by atoms with Crippen LogP contribution in [-0.4, -0.2) is 49.7 Å². The molecule has 0 bridgehead atoms. The molecule has 3 aliphatic rings. The van der Waals surface area contributed by atoms with Gasteiger partial charge in [-0.1, -0.05) is 0 Å². The smallest absolute Gasteiger partial charge is 0.228 e. The van der Waals surface area contributed by atoms with Crippen molar-refractivity contribution in [2.45, 2.75) is 44.6 Å². The number of nitrogens with zero attached hydrogens (tertiary/aromatic N) is 1. The summed E-state index contributed by atoms with van der Waals surface area (Å²) in [4.78, 5) is 14.9. The first kappa shape index (κ1) is 13.4. The fraction of sp³-hybridized carbons (Fsp3) is 0.933. The molecule has 0 spiro atoms. The van der Waals surface area contributed by atoms with Gasteiger partial charge in [-0.2, -0.15) is 0 Å². The molecule has 2 heterocycles. The van der Waals surface area contributed by atoms with Crippen LogP contribution in [0.2, 0.25) is 0 Å². The fourth-order valence-corrected chi connectivity index (χ4v) is 3.33. The van der Waals surface area contributed by atoms with Gasteiger partial charge in [0.1, 0.15) is 0 Å². The Balaban J connectivity index is 1.57. The van der Waals surface area contributed by atoms with Crippen LogP contribution in [-0.2, 0) is 9.53 Å². The van der Waals surface area contributed by atoms with Gasteiger partial charge in [0.15, 0.2) is 0 Å². The van der Waals surface area contributed by atoms with Crippen LogP contribution in [0, 0.1) is 11.8 Å². The molecule has 3 rings (SSSR count). The van der Waals surface area contributed by atoms with E-state index >= 15 is 0 Å². The highest BCUT2D eigenvalue weighted by Gasteiger charge is 2.37. The lowest BCUT2D eigenvalue weighted by molar-refractivity contribution is -0.141. The first-order chi connectivity index (χ1) is 9.34. The molecule has 2 saturated heterocycles. The minimum Gasteiger partial charge on any atom is -0.381 e. The number of rotatable bonds is 4. The molecule has 108 valence electrons. The predicted octanol–water partition coefficient (Wildman–Crippen LogP) is 1.40. The average Bonchev–Trinajstić information content (AvgIpc) is 3.31. The minimum atomic E-state index is 0.130. The lowest BCUT2D eigenvalue weighted by Gasteiger charge is -2.33. The van der Waals surface area contributed by atoms with Gasteiger partial charge in [0.2, 0.25) is 5.91 Å². The zero-order valence-corrected chi connectivity index (χ0v) is 11.8. The minimum absolute atomic E-state index is 0.130. The van der Waals surface area contributed by atoms with Gasteiger partial charge in [-0.05, 0) is 57.5 Å². The SMILES string of the molecule is O=C(C1CCCOC1)N(CC1CCCNC1)C1CC1. The number of carbonyl (C=O) groups is 1. The van der Waals surface area contributed by atoms with E-state index in [2.05, 4.69) is 10.2 Å². The Morgan fingerprint density at radius 3 is 2.74 bits per heavy atom. The third-order valence-corrected chi connectivity index (χ3v) is 4.63. The molecule has 2 unspecified atom stereocenters. The van der Waals surface area contributed by atoms with E-state index in [1.165, 1.54) is 25.7 Å². The molecule has 19 heavy (non-hydrogen) atoms. The molecule has 0 radical (unpaired) electrons. The van der Waals surface area contributed by atoms with Crippen molar-refractivity contribution in [3.8, 4) is 0 Å². The van der Waals surface area contributed by atoms with Gasteiger partial charge in [0, 0.05) is 19.2 Å². The first-order valence-corrected chi connectivity index (χ1v) is 7.93. The molecule has 4 nitrogen and oxygen atoms in total. The normalized spacial score (nSPS) is 32.0. The highest BCUT2D eigenvalue weighted by atomic mass is 16.5. The van der Waals surface area contributed by atoms with Crippen molar-refractivity contribution in [2.24, 2.45) is 11.8 Å². The number of ether oxygens (including phenoxy) is 1. The van der Waals surface area contributed by atoms with Crippen LogP contribution in [0.1, 0.15) is 38.5 Å². The number of amides is 1. The van der Waals surface area contributed by atoms with E-state index in [0.29, 0.717) is 24.5 Å². The Labute approximate surface area is 115 Å². The van der Waals surface area contributed by atoms with Gasteiger partial charge in [-0.25, -0.2) is 0 Å². The number of hydrogen-bond acceptors (Lipinski definition) is 3. The van der Waals surface area contributed by atoms with Crippen molar-refractivity contribution in [3.63, 3.8) is 0 Å². The summed E-state index contributed by atoms with van der Waals surface area (Å²) in [5.74, 6) is 1.15. The second-order valence-electron chi connectivity index (χ2n) is 6.35. The van der Waals surface area contributed by atoms with Crippen LogP contribution < -0.4 is 5.32 Å². The Bertz CT molecular complexity index is 305. The van der Waals surface area contributed by atoms with Crippen molar-refractivity contribution in [1.29, 1.82) is 0 Å². The van der Waals surface area contributed by atoms with E-state index < -0.39 is 0 Å². The molecule has 2 aliphatic heterocycles. The average molecular weight is 266 g/mol. The van der Waals surface area contributed by atoms with Crippen LogP contribution in [0.25, 0.3) is 0 Å². The first-order valence-electron chi connectivity index (χ1n) is 7.93. The zero-order valence-electron chi connectivity index (χ0n) is 11.8. The van der Waals surface area contributed by atoms with E-state index in [1.54, 1.807) is 0 Å². The number of piperidine rings is 1. The number of hydrogen-bond donors (Lipinski definition) is 1. The molecule has 4 heteroatoms. The van der Waals surface area contributed by atoms with E-state index in [0.717, 1.165) is 39.1 Å². The van der Waals surface area contributed by atoms with Gasteiger partial charge in [0.25, 0.3) is 0 Å². The second-order valence-corrected chi connectivity index (χ2v) is 6.35. The maximum Gasteiger partial charge on any atom is 0.228 e. The van der Waals surface area contributed by atoms with E-state index in [9.17, 15) is 4.79 Å². The predicted molar refractivity (Wildman–Crippen MR) is 73.9 cm³/mol. The molecule has 1 aliphatic carbocycles. The summed E-state index contributed by atoms with van der Waals surface area (Å²) in [6.45, 7) is 4.67. The molecular weight excluding hydrogens is 240 g/mol. The third kappa shape index (κ3) is 3.48. The molecule has 0 aromatic heterocycles. The second kappa shape index (κ2) is 6.23. The van der Waals surface area contributed by atoms with Crippen LogP contribution in [0.3, 0.4) is 0 Å². The van der Waals surface area contributed by atoms with Gasteiger partial charge >= 0.3 is 0 Å². The summed E-state index contributed by atoms with van der Waals surface area (Å²) in [5, 5.41) is 3.46. The summed E-state index contributed by atoms with van der Waals surface area (Å²) < 4.78 is 5.48. The molecule has 1 saturated carbocycles. The Hall–Kier alpha value is -0.610. The lowest BCUT2D eigenvalue weighted by Crippen LogP contribution is -2.45. The van der Waals surface area contributed by atoms with Crippen molar-refractivity contribution < 1.29 is 9.53 Å². The standard InChI is InChI=1S/C15H26N2O2/c18-15(13-4-2-8-19-11-13)17(14-5-6-14)10-12-3-1-7-16-9-12/h12-14,16H,1-11H2. The van der Waals surface area contributed by atoms with Gasteiger partial charge in [-0.3, -0.25) is 4.79 Å². The maximum absolute atomic E-state index is 12.7. The quantitative estimate of drug-likeness (QED) is 0.836. The number of nitrogens with one attached hydrogen (secondary N) is 1. The summed E-state index contributed by atoms with van der Waals surface area (Å²) in [7, 11) is 0. The van der Waals surface area contributed by atoms with Gasteiger partial charge in [0.05, 0.1) is 12.5 Å². The Kier molecular flexibility index (Phi) is 4.38. The molecular formula is C15H26N2O2. The third-order valence-electron chi connectivity index (χ3n) is 4.63. The zero-order chi connectivity index (χ0) is 13.1. The Morgan fingerprint density at radius 1 is 1.21 bits per heavy atom. The van der Waals surface area contributed by atoms with Gasteiger partial charge < -0.3 is 15.0 Å². The molecule has 3 fully saturated rings. The summed E-state index contributed by atoms with van der Waals surface area (Å²) in [5.41, 5.74) is 0. The highest BCUT2D eigenvalue weighted by Crippen LogP contribution is 2.31. The molecule has 1 amide bonds. The van der Waals surface area contributed by atoms with E-state index in [4.69, 9.17) is 4.74 Å². The largest absolute Gasteiger partial charge is 0.381 e. The molecule has 0 aromatic carbocycles. The van der Waals surface area contributed by atoms with E-state index in [-0.39, 0.29) is 5.92 Å². The fourth-order valence-electron chi connectivity index (χ4n) is 3.33. The highest BCUT2D eigenvalue weighted by molar-refractivity contribution is 5.79.